The second-order valence-electron chi connectivity index (χ2n) is 6.18. The molecule has 2 N–H and O–H groups in total. The lowest BCUT2D eigenvalue weighted by molar-refractivity contribution is 0.169. The molecule has 0 aromatic carbocycles. The zero-order valence-electron chi connectivity index (χ0n) is 14.0. The lowest BCUT2D eigenvalue weighted by Crippen LogP contribution is -2.22. The third-order valence-electron chi connectivity index (χ3n) is 4.33. The first-order valence-electron chi connectivity index (χ1n) is 8.22. The van der Waals surface area contributed by atoms with Crippen LogP contribution in [-0.2, 0) is 11.3 Å². The largest absolute Gasteiger partial charge is 0.492 e. The van der Waals surface area contributed by atoms with E-state index in [1.54, 1.807) is 29.2 Å². The highest BCUT2D eigenvalue weighted by molar-refractivity contribution is 5.65. The molecule has 0 saturated heterocycles. The van der Waals surface area contributed by atoms with Crippen molar-refractivity contribution in [3.05, 3.63) is 52.9 Å². The number of ether oxygens (including phenoxy) is 1. The Bertz CT molecular complexity index is 805. The van der Waals surface area contributed by atoms with Crippen molar-refractivity contribution in [2.24, 2.45) is 5.92 Å². The maximum atomic E-state index is 12.1. The van der Waals surface area contributed by atoms with Crippen molar-refractivity contribution in [1.82, 2.24) is 14.5 Å². The van der Waals surface area contributed by atoms with Gasteiger partial charge in [0.05, 0.1) is 12.0 Å². The lowest BCUT2D eigenvalue weighted by Gasteiger charge is -2.16. The minimum absolute atomic E-state index is 0.00394. The smallest absolute Gasteiger partial charge is 0.250 e. The van der Waals surface area contributed by atoms with E-state index in [-0.39, 0.29) is 17.6 Å². The zero-order valence-corrected chi connectivity index (χ0v) is 14.0. The average molecular weight is 326 g/mol. The van der Waals surface area contributed by atoms with Crippen LogP contribution in [0.5, 0.6) is 0 Å². The highest BCUT2D eigenvalue weighted by atomic mass is 16.5. The van der Waals surface area contributed by atoms with E-state index >= 15 is 0 Å². The normalized spacial score (nSPS) is 17.7. The summed E-state index contributed by atoms with van der Waals surface area (Å²) in [5.74, 6) is 0.652. The molecular weight excluding hydrogens is 304 g/mol. The second kappa shape index (κ2) is 6.86. The van der Waals surface area contributed by atoms with Gasteiger partial charge in [0.1, 0.15) is 6.10 Å². The number of nitrogens with zero attached hydrogens (tertiary/aromatic N) is 3. The first-order valence-corrected chi connectivity index (χ1v) is 8.22. The Labute approximate surface area is 141 Å². The summed E-state index contributed by atoms with van der Waals surface area (Å²) in [4.78, 5) is 20.6. The van der Waals surface area contributed by atoms with Gasteiger partial charge in [-0.3, -0.25) is 4.79 Å². The first-order chi connectivity index (χ1) is 11.6. The Morgan fingerprint density at radius 3 is 3.00 bits per heavy atom. The molecule has 3 heterocycles. The van der Waals surface area contributed by atoms with E-state index in [9.17, 15) is 4.79 Å². The molecule has 2 aromatic rings. The summed E-state index contributed by atoms with van der Waals surface area (Å²) in [6, 6.07) is 3.39. The molecular formula is C18H22N4O2. The van der Waals surface area contributed by atoms with Gasteiger partial charge in [0.2, 0.25) is 5.95 Å². The maximum absolute atomic E-state index is 12.1. The summed E-state index contributed by atoms with van der Waals surface area (Å²) in [5.41, 5.74) is 8.24. The summed E-state index contributed by atoms with van der Waals surface area (Å²) in [7, 11) is 0. The van der Waals surface area contributed by atoms with Crippen molar-refractivity contribution in [1.29, 1.82) is 0 Å². The molecule has 126 valence electrons. The molecule has 0 aliphatic carbocycles. The number of anilines is 1. The van der Waals surface area contributed by atoms with E-state index in [1.165, 1.54) is 0 Å². The molecule has 0 saturated carbocycles. The Balaban J connectivity index is 2.02. The van der Waals surface area contributed by atoms with Crippen LogP contribution in [-0.4, -0.2) is 14.5 Å². The highest BCUT2D eigenvalue weighted by Crippen LogP contribution is 2.33. The van der Waals surface area contributed by atoms with Gasteiger partial charge in [0.15, 0.2) is 0 Å². The molecule has 0 amide bonds. The topological polar surface area (TPSA) is 83.0 Å². The third kappa shape index (κ3) is 3.32. The monoisotopic (exact) mass is 326 g/mol. The minimum Gasteiger partial charge on any atom is -0.492 e. The summed E-state index contributed by atoms with van der Waals surface area (Å²) in [6.07, 6.45) is 8.81. The van der Waals surface area contributed by atoms with E-state index < -0.39 is 0 Å². The van der Waals surface area contributed by atoms with Crippen molar-refractivity contribution in [3.8, 4) is 11.1 Å². The van der Waals surface area contributed by atoms with Crippen LogP contribution in [0.3, 0.4) is 0 Å². The van der Waals surface area contributed by atoms with Crippen molar-refractivity contribution in [2.75, 3.05) is 5.73 Å². The maximum Gasteiger partial charge on any atom is 0.250 e. The van der Waals surface area contributed by atoms with Crippen LogP contribution in [0.25, 0.3) is 11.1 Å². The van der Waals surface area contributed by atoms with Crippen LogP contribution in [0.1, 0.15) is 38.5 Å². The van der Waals surface area contributed by atoms with Gasteiger partial charge in [0, 0.05) is 42.6 Å². The van der Waals surface area contributed by atoms with E-state index in [0.717, 1.165) is 29.7 Å². The van der Waals surface area contributed by atoms with Gasteiger partial charge in [-0.15, -0.1) is 0 Å². The van der Waals surface area contributed by atoms with Crippen LogP contribution >= 0.6 is 0 Å². The number of hydrogen-bond acceptors (Lipinski definition) is 5. The first kappa shape index (κ1) is 16.2. The van der Waals surface area contributed by atoms with E-state index in [2.05, 4.69) is 23.8 Å². The SMILES string of the molecule is CCC(C)Cn1cc(-c2cnc(N)nc2C2CC=CO2)ccc1=O. The van der Waals surface area contributed by atoms with Crippen molar-refractivity contribution >= 4 is 5.95 Å². The summed E-state index contributed by atoms with van der Waals surface area (Å²) >= 11 is 0. The molecule has 1 aliphatic heterocycles. The molecule has 2 atom stereocenters. The molecule has 2 unspecified atom stereocenters. The van der Waals surface area contributed by atoms with Gasteiger partial charge in [-0.25, -0.2) is 9.97 Å². The zero-order chi connectivity index (χ0) is 17.1. The van der Waals surface area contributed by atoms with Crippen LogP contribution in [0.15, 0.2) is 41.7 Å². The van der Waals surface area contributed by atoms with Crippen LogP contribution in [0, 0.1) is 5.92 Å². The Hall–Kier alpha value is -2.63. The predicted octanol–water partition coefficient (Wildman–Crippen LogP) is 2.91. The van der Waals surface area contributed by atoms with Crippen molar-refractivity contribution < 1.29 is 4.74 Å². The average Bonchev–Trinajstić information content (AvgIpc) is 3.11. The van der Waals surface area contributed by atoms with Crippen molar-refractivity contribution in [2.45, 2.75) is 39.3 Å². The van der Waals surface area contributed by atoms with Gasteiger partial charge >= 0.3 is 0 Å². The Morgan fingerprint density at radius 1 is 1.46 bits per heavy atom. The third-order valence-corrected chi connectivity index (χ3v) is 4.33. The van der Waals surface area contributed by atoms with Gasteiger partial charge in [0.25, 0.3) is 5.56 Å². The molecule has 0 radical (unpaired) electrons. The fourth-order valence-corrected chi connectivity index (χ4v) is 2.74. The highest BCUT2D eigenvalue weighted by Gasteiger charge is 2.22. The second-order valence-corrected chi connectivity index (χ2v) is 6.18. The number of nitrogen functional groups attached to an aromatic ring is 1. The molecule has 2 aromatic heterocycles. The van der Waals surface area contributed by atoms with Gasteiger partial charge in [-0.2, -0.15) is 0 Å². The number of hydrogen-bond donors (Lipinski definition) is 1. The van der Waals surface area contributed by atoms with E-state index in [4.69, 9.17) is 10.5 Å². The van der Waals surface area contributed by atoms with E-state index in [0.29, 0.717) is 12.5 Å². The predicted molar refractivity (Wildman–Crippen MR) is 93.2 cm³/mol. The molecule has 3 rings (SSSR count). The number of nitrogens with two attached hydrogens (primary N) is 1. The fraction of sp³-hybridized carbons (Fsp3) is 0.389. The minimum atomic E-state index is -0.166. The van der Waals surface area contributed by atoms with Crippen LogP contribution in [0.2, 0.25) is 0 Å². The standard InChI is InChI=1S/C18H22N4O2/c1-3-12(2)10-22-11-13(6-7-16(22)23)14-9-20-18(19)21-17(14)15-5-4-8-24-15/h4,6-9,11-12,15H,3,5,10H2,1-2H3,(H2,19,20,21). The Kier molecular flexibility index (Phi) is 4.64. The molecule has 0 fully saturated rings. The summed E-state index contributed by atoms with van der Waals surface area (Å²) in [6.45, 7) is 4.95. The van der Waals surface area contributed by atoms with Crippen molar-refractivity contribution in [3.63, 3.8) is 0 Å². The fourth-order valence-electron chi connectivity index (χ4n) is 2.74. The Morgan fingerprint density at radius 2 is 2.29 bits per heavy atom. The van der Waals surface area contributed by atoms with Crippen LogP contribution in [0.4, 0.5) is 5.95 Å². The number of aromatic nitrogens is 3. The molecule has 24 heavy (non-hydrogen) atoms. The van der Waals surface area contributed by atoms with Gasteiger partial charge in [-0.05, 0) is 18.1 Å². The molecule has 1 aliphatic rings. The van der Waals surface area contributed by atoms with Gasteiger partial charge in [-0.1, -0.05) is 20.3 Å². The molecule has 6 nitrogen and oxygen atoms in total. The van der Waals surface area contributed by atoms with E-state index in [1.807, 2.05) is 12.3 Å². The molecule has 0 bridgehead atoms. The van der Waals surface area contributed by atoms with Crippen LogP contribution < -0.4 is 11.3 Å². The lowest BCUT2D eigenvalue weighted by atomic mass is 10.0. The number of rotatable bonds is 5. The molecule has 6 heteroatoms. The number of pyridine rings is 1. The van der Waals surface area contributed by atoms with Gasteiger partial charge < -0.3 is 15.0 Å². The quantitative estimate of drug-likeness (QED) is 0.913. The molecule has 0 spiro atoms. The summed E-state index contributed by atoms with van der Waals surface area (Å²) in [5, 5.41) is 0. The summed E-state index contributed by atoms with van der Waals surface area (Å²) < 4.78 is 7.34.